The minimum Gasteiger partial charge on any atom is -0.481 e. The van der Waals surface area contributed by atoms with Crippen molar-refractivity contribution in [3.63, 3.8) is 0 Å². The summed E-state index contributed by atoms with van der Waals surface area (Å²) < 4.78 is 44.8. The standard InChI is InChI=1S/C13H15FN2O5.C2HF3O2/c14-9-5-6-11(16(20)21)10(8-9)13(19)15-7-3-1-2-4-12(17)18;3-2(4,5)1(6)7/h5-6,8H,1-4,7H2,(H,15,19)(H,17,18);(H,6,7). The van der Waals surface area contributed by atoms with Crippen molar-refractivity contribution in [2.75, 3.05) is 6.54 Å². The van der Waals surface area contributed by atoms with E-state index in [1.807, 2.05) is 0 Å². The van der Waals surface area contributed by atoms with Crippen molar-refractivity contribution in [2.45, 2.75) is 31.9 Å². The molecule has 156 valence electrons. The van der Waals surface area contributed by atoms with Gasteiger partial charge < -0.3 is 15.5 Å². The number of carbonyl (C=O) groups is 3. The van der Waals surface area contributed by atoms with Gasteiger partial charge in [-0.25, -0.2) is 9.18 Å². The maximum absolute atomic E-state index is 13.1. The van der Waals surface area contributed by atoms with Gasteiger partial charge in [-0.2, -0.15) is 13.2 Å². The zero-order valence-electron chi connectivity index (χ0n) is 14.2. The zero-order valence-corrected chi connectivity index (χ0v) is 14.2. The average Bonchev–Trinajstić information content (AvgIpc) is 2.56. The maximum Gasteiger partial charge on any atom is 0.490 e. The second kappa shape index (κ2) is 11.5. The van der Waals surface area contributed by atoms with Crippen LogP contribution in [0.2, 0.25) is 0 Å². The molecule has 0 fully saturated rings. The Hall–Kier alpha value is -3.25. The number of nitrogens with one attached hydrogen (secondary N) is 1. The first kappa shape index (κ1) is 24.8. The Morgan fingerprint density at radius 1 is 1.11 bits per heavy atom. The molecule has 28 heavy (non-hydrogen) atoms. The Morgan fingerprint density at radius 2 is 1.68 bits per heavy atom. The average molecular weight is 412 g/mol. The molecule has 0 heterocycles. The van der Waals surface area contributed by atoms with Crippen LogP contribution in [0.3, 0.4) is 0 Å². The largest absolute Gasteiger partial charge is 0.490 e. The van der Waals surface area contributed by atoms with Crippen molar-refractivity contribution in [1.82, 2.24) is 5.32 Å². The third-order valence-corrected chi connectivity index (χ3v) is 3.00. The highest BCUT2D eigenvalue weighted by Crippen LogP contribution is 2.19. The molecule has 0 unspecified atom stereocenters. The Balaban J connectivity index is 0.000000887. The number of benzene rings is 1. The Bertz CT molecular complexity index is 723. The molecule has 0 atom stereocenters. The summed E-state index contributed by atoms with van der Waals surface area (Å²) in [5.41, 5.74) is -0.787. The fourth-order valence-corrected chi connectivity index (χ4v) is 1.72. The number of unbranched alkanes of at least 4 members (excludes halogenated alkanes) is 2. The van der Waals surface area contributed by atoms with Crippen molar-refractivity contribution in [3.05, 3.63) is 39.7 Å². The number of nitrogens with zero attached hydrogens (tertiary/aromatic N) is 1. The molecule has 3 N–H and O–H groups in total. The maximum atomic E-state index is 13.1. The predicted octanol–water partition coefficient (Wildman–Crippen LogP) is 2.74. The summed E-state index contributed by atoms with van der Waals surface area (Å²) in [7, 11) is 0. The Morgan fingerprint density at radius 3 is 2.14 bits per heavy atom. The number of alkyl halides is 3. The van der Waals surface area contributed by atoms with Crippen LogP contribution in [-0.2, 0) is 9.59 Å². The van der Waals surface area contributed by atoms with E-state index in [9.17, 15) is 37.3 Å². The summed E-state index contributed by atoms with van der Waals surface area (Å²) >= 11 is 0. The van der Waals surface area contributed by atoms with E-state index in [1.165, 1.54) is 0 Å². The van der Waals surface area contributed by atoms with Gasteiger partial charge in [-0.1, -0.05) is 6.42 Å². The number of nitro benzene ring substituents is 1. The van der Waals surface area contributed by atoms with Crippen LogP contribution in [0.25, 0.3) is 0 Å². The molecule has 0 radical (unpaired) electrons. The lowest BCUT2D eigenvalue weighted by Gasteiger charge is -2.05. The van der Waals surface area contributed by atoms with Crippen molar-refractivity contribution < 1.29 is 47.1 Å². The van der Waals surface area contributed by atoms with E-state index in [2.05, 4.69) is 5.32 Å². The molecule has 1 amide bonds. The molecule has 1 rings (SSSR count). The SMILES string of the molecule is O=C(O)C(F)(F)F.O=C(O)CCCCCNC(=O)c1cc(F)ccc1[N+](=O)[O-]. The Labute approximate surface area is 155 Å². The van der Waals surface area contributed by atoms with Gasteiger partial charge in [0.25, 0.3) is 11.6 Å². The first-order chi connectivity index (χ1) is 12.9. The fourth-order valence-electron chi connectivity index (χ4n) is 1.72. The summed E-state index contributed by atoms with van der Waals surface area (Å²) in [6.45, 7) is 0.242. The molecule has 0 bridgehead atoms. The van der Waals surface area contributed by atoms with E-state index in [4.69, 9.17) is 15.0 Å². The summed E-state index contributed by atoms with van der Waals surface area (Å²) in [5.74, 6) is -5.09. The van der Waals surface area contributed by atoms with Crippen molar-refractivity contribution in [3.8, 4) is 0 Å². The molecule has 0 spiro atoms. The van der Waals surface area contributed by atoms with Crippen LogP contribution in [0.5, 0.6) is 0 Å². The van der Waals surface area contributed by atoms with Crippen LogP contribution in [0.15, 0.2) is 18.2 Å². The predicted molar refractivity (Wildman–Crippen MR) is 85.2 cm³/mol. The van der Waals surface area contributed by atoms with E-state index in [-0.39, 0.29) is 18.5 Å². The van der Waals surface area contributed by atoms with Crippen molar-refractivity contribution in [1.29, 1.82) is 0 Å². The molecule has 13 heteroatoms. The number of amides is 1. The van der Waals surface area contributed by atoms with Gasteiger partial charge in [0.1, 0.15) is 11.4 Å². The van der Waals surface area contributed by atoms with Gasteiger partial charge in [-0.05, 0) is 25.0 Å². The fraction of sp³-hybridized carbons (Fsp3) is 0.400. The third-order valence-electron chi connectivity index (χ3n) is 3.00. The highest BCUT2D eigenvalue weighted by Gasteiger charge is 2.38. The first-order valence-corrected chi connectivity index (χ1v) is 7.60. The molecule has 0 aliphatic carbocycles. The van der Waals surface area contributed by atoms with Crippen molar-refractivity contribution >= 4 is 23.5 Å². The number of nitro groups is 1. The van der Waals surface area contributed by atoms with Gasteiger partial charge in [0.2, 0.25) is 0 Å². The first-order valence-electron chi connectivity index (χ1n) is 7.60. The van der Waals surface area contributed by atoms with Gasteiger partial charge in [0.15, 0.2) is 0 Å². The van der Waals surface area contributed by atoms with Gasteiger partial charge in [0.05, 0.1) is 4.92 Å². The van der Waals surface area contributed by atoms with Crippen LogP contribution in [-0.4, -0.2) is 45.7 Å². The van der Waals surface area contributed by atoms with Crippen LogP contribution >= 0.6 is 0 Å². The normalized spacial score (nSPS) is 10.4. The minimum atomic E-state index is -5.08. The highest BCUT2D eigenvalue weighted by atomic mass is 19.4. The molecule has 0 saturated carbocycles. The second-order valence-corrected chi connectivity index (χ2v) is 5.18. The highest BCUT2D eigenvalue weighted by molar-refractivity contribution is 5.98. The quantitative estimate of drug-likeness (QED) is 0.257. The summed E-state index contributed by atoms with van der Waals surface area (Å²) in [6, 6.07) is 2.68. The van der Waals surface area contributed by atoms with Crippen LogP contribution in [0, 0.1) is 15.9 Å². The number of hydrogen-bond acceptors (Lipinski definition) is 5. The topological polar surface area (TPSA) is 147 Å². The van der Waals surface area contributed by atoms with Crippen LogP contribution < -0.4 is 5.32 Å². The molecule has 0 aromatic heterocycles. The molecule has 9 nitrogen and oxygen atoms in total. The molecule has 1 aromatic rings. The number of rotatable bonds is 8. The molecular formula is C15H16F4N2O7. The van der Waals surface area contributed by atoms with Gasteiger partial charge >= 0.3 is 18.1 Å². The summed E-state index contributed by atoms with van der Waals surface area (Å²) in [5, 5.41) is 28.8. The van der Waals surface area contributed by atoms with E-state index in [0.717, 1.165) is 18.2 Å². The van der Waals surface area contributed by atoms with E-state index in [0.29, 0.717) is 19.3 Å². The second-order valence-electron chi connectivity index (χ2n) is 5.18. The van der Waals surface area contributed by atoms with Crippen molar-refractivity contribution in [2.24, 2.45) is 0 Å². The van der Waals surface area contributed by atoms with Gasteiger partial charge in [-0.15, -0.1) is 0 Å². The van der Waals surface area contributed by atoms with E-state index >= 15 is 0 Å². The molecule has 1 aromatic carbocycles. The van der Waals surface area contributed by atoms with E-state index < -0.39 is 40.5 Å². The number of carboxylic acids is 2. The number of carbonyl (C=O) groups excluding carboxylic acids is 1. The lowest BCUT2D eigenvalue weighted by molar-refractivity contribution is -0.385. The monoisotopic (exact) mass is 412 g/mol. The zero-order chi connectivity index (χ0) is 21.9. The summed E-state index contributed by atoms with van der Waals surface area (Å²) in [4.78, 5) is 41.0. The lowest BCUT2D eigenvalue weighted by atomic mass is 10.1. The van der Waals surface area contributed by atoms with Crippen LogP contribution in [0.1, 0.15) is 36.0 Å². The van der Waals surface area contributed by atoms with Gasteiger partial charge in [0, 0.05) is 19.0 Å². The lowest BCUT2D eigenvalue weighted by Crippen LogP contribution is -2.25. The molecule has 0 aliphatic rings. The van der Waals surface area contributed by atoms with Crippen LogP contribution in [0.4, 0.5) is 23.2 Å². The minimum absolute atomic E-state index is 0.0588. The molecule has 0 aliphatic heterocycles. The smallest absolute Gasteiger partial charge is 0.481 e. The van der Waals surface area contributed by atoms with Gasteiger partial charge in [-0.3, -0.25) is 19.7 Å². The number of hydrogen-bond donors (Lipinski definition) is 3. The summed E-state index contributed by atoms with van der Waals surface area (Å²) in [6.07, 6.45) is -3.38. The number of carboxylic acid groups (broad SMARTS) is 2. The number of halogens is 4. The molecular weight excluding hydrogens is 396 g/mol. The Kier molecular flexibility index (Phi) is 10.1. The van der Waals surface area contributed by atoms with E-state index in [1.54, 1.807) is 0 Å². The number of aliphatic carboxylic acids is 2. The third kappa shape index (κ3) is 10.0. The molecule has 0 saturated heterocycles.